The molecule has 1 heterocycles. The standard InChI is InChI=1S/C13H13N3O3/c1-14-12(17)10-7-11(15-16-13(10)18)8-3-5-9(19-2)6-4-8/h3-7H,1-2H3,(H,14,17)(H,16,18). The molecule has 0 aliphatic heterocycles. The van der Waals surface area contributed by atoms with Crippen molar-refractivity contribution in [1.82, 2.24) is 15.5 Å². The van der Waals surface area contributed by atoms with Gasteiger partial charge in [-0.1, -0.05) is 0 Å². The number of H-pyrrole nitrogens is 1. The van der Waals surface area contributed by atoms with Crippen LogP contribution in [-0.2, 0) is 0 Å². The number of benzene rings is 1. The van der Waals surface area contributed by atoms with E-state index in [1.165, 1.54) is 13.1 Å². The summed E-state index contributed by atoms with van der Waals surface area (Å²) in [5.74, 6) is 0.276. The van der Waals surface area contributed by atoms with Crippen molar-refractivity contribution < 1.29 is 9.53 Å². The van der Waals surface area contributed by atoms with Crippen LogP contribution in [0, 0.1) is 0 Å². The zero-order chi connectivity index (χ0) is 13.8. The lowest BCUT2D eigenvalue weighted by Gasteiger charge is -2.04. The van der Waals surface area contributed by atoms with Gasteiger partial charge in [-0.2, -0.15) is 5.10 Å². The summed E-state index contributed by atoms with van der Waals surface area (Å²) >= 11 is 0. The quantitative estimate of drug-likeness (QED) is 0.854. The van der Waals surface area contributed by atoms with E-state index in [2.05, 4.69) is 15.5 Å². The number of ether oxygens (including phenoxy) is 1. The molecule has 0 unspecified atom stereocenters. The normalized spacial score (nSPS) is 10.0. The average molecular weight is 259 g/mol. The Kier molecular flexibility index (Phi) is 3.61. The highest BCUT2D eigenvalue weighted by Gasteiger charge is 2.11. The highest BCUT2D eigenvalue weighted by molar-refractivity contribution is 5.94. The third-order valence-electron chi connectivity index (χ3n) is 2.66. The summed E-state index contributed by atoms with van der Waals surface area (Å²) in [4.78, 5) is 23.0. The molecule has 6 nitrogen and oxygen atoms in total. The number of rotatable bonds is 3. The molecular weight excluding hydrogens is 246 g/mol. The first-order valence-corrected chi connectivity index (χ1v) is 5.62. The van der Waals surface area contributed by atoms with Gasteiger partial charge in [-0.05, 0) is 30.3 Å². The van der Waals surface area contributed by atoms with E-state index in [0.29, 0.717) is 5.69 Å². The Bertz CT molecular complexity index is 647. The average Bonchev–Trinajstić information content (AvgIpc) is 2.47. The van der Waals surface area contributed by atoms with Crippen LogP contribution in [0.25, 0.3) is 11.3 Å². The monoisotopic (exact) mass is 259 g/mol. The summed E-state index contributed by atoms with van der Waals surface area (Å²) in [5.41, 5.74) is 0.808. The van der Waals surface area contributed by atoms with Gasteiger partial charge >= 0.3 is 0 Å². The van der Waals surface area contributed by atoms with Gasteiger partial charge in [0.05, 0.1) is 12.8 Å². The van der Waals surface area contributed by atoms with Gasteiger partial charge in [-0.3, -0.25) is 9.59 Å². The van der Waals surface area contributed by atoms with E-state index >= 15 is 0 Å². The minimum atomic E-state index is -0.517. The van der Waals surface area contributed by atoms with Crippen LogP contribution in [0.5, 0.6) is 5.75 Å². The zero-order valence-electron chi connectivity index (χ0n) is 10.6. The van der Waals surface area contributed by atoms with Gasteiger partial charge in [0.15, 0.2) is 0 Å². The number of nitrogens with zero attached hydrogens (tertiary/aromatic N) is 1. The largest absolute Gasteiger partial charge is 0.497 e. The Hall–Kier alpha value is -2.63. The fraction of sp³-hybridized carbons (Fsp3) is 0.154. The summed E-state index contributed by atoms with van der Waals surface area (Å²) in [7, 11) is 3.05. The van der Waals surface area contributed by atoms with Crippen LogP contribution < -0.4 is 15.6 Å². The number of amides is 1. The van der Waals surface area contributed by atoms with Crippen molar-refractivity contribution in [3.8, 4) is 17.0 Å². The molecule has 0 atom stereocenters. The van der Waals surface area contributed by atoms with Gasteiger partial charge < -0.3 is 10.1 Å². The summed E-state index contributed by atoms with van der Waals surface area (Å²) in [6, 6.07) is 8.61. The molecule has 0 aliphatic rings. The summed E-state index contributed by atoms with van der Waals surface area (Å²) in [6.45, 7) is 0. The Balaban J connectivity index is 2.45. The van der Waals surface area contributed by atoms with Crippen molar-refractivity contribution in [2.24, 2.45) is 0 Å². The lowest BCUT2D eigenvalue weighted by atomic mass is 10.1. The van der Waals surface area contributed by atoms with E-state index in [0.717, 1.165) is 11.3 Å². The number of hydrogen-bond acceptors (Lipinski definition) is 4. The Morgan fingerprint density at radius 2 is 2.00 bits per heavy atom. The topological polar surface area (TPSA) is 84.1 Å². The molecule has 0 saturated carbocycles. The first kappa shape index (κ1) is 12.8. The van der Waals surface area contributed by atoms with Crippen LogP contribution in [-0.4, -0.2) is 30.3 Å². The van der Waals surface area contributed by atoms with E-state index in [1.54, 1.807) is 31.4 Å². The molecule has 2 N–H and O–H groups in total. The number of carbonyl (C=O) groups is 1. The van der Waals surface area contributed by atoms with E-state index in [9.17, 15) is 9.59 Å². The molecule has 0 spiro atoms. The number of carbonyl (C=O) groups excluding carboxylic acids is 1. The Morgan fingerprint density at radius 1 is 1.32 bits per heavy atom. The lowest BCUT2D eigenvalue weighted by molar-refractivity contribution is 0.0961. The maximum Gasteiger partial charge on any atom is 0.277 e. The van der Waals surface area contributed by atoms with Gasteiger partial charge in [0.25, 0.3) is 11.5 Å². The third-order valence-corrected chi connectivity index (χ3v) is 2.66. The van der Waals surface area contributed by atoms with Crippen molar-refractivity contribution in [1.29, 1.82) is 0 Å². The molecule has 2 rings (SSSR count). The van der Waals surface area contributed by atoms with E-state index < -0.39 is 11.5 Å². The molecule has 0 aliphatic carbocycles. The number of hydrogen-bond donors (Lipinski definition) is 2. The Morgan fingerprint density at radius 3 is 2.58 bits per heavy atom. The van der Waals surface area contributed by atoms with Gasteiger partial charge in [-0.15, -0.1) is 0 Å². The molecule has 1 aromatic carbocycles. The van der Waals surface area contributed by atoms with Crippen LogP contribution in [0.4, 0.5) is 0 Å². The summed E-state index contributed by atoms with van der Waals surface area (Å²) in [6.07, 6.45) is 0. The molecule has 98 valence electrons. The van der Waals surface area contributed by atoms with Crippen LogP contribution in [0.15, 0.2) is 35.1 Å². The molecule has 0 bridgehead atoms. The summed E-state index contributed by atoms with van der Waals surface area (Å²) in [5, 5.41) is 8.65. The highest BCUT2D eigenvalue weighted by Crippen LogP contribution is 2.19. The summed E-state index contributed by atoms with van der Waals surface area (Å²) < 4.78 is 5.06. The second-order valence-corrected chi connectivity index (χ2v) is 3.80. The van der Waals surface area contributed by atoms with Crippen molar-refractivity contribution in [2.75, 3.05) is 14.2 Å². The number of aromatic nitrogens is 2. The fourth-order valence-corrected chi connectivity index (χ4v) is 1.62. The second-order valence-electron chi connectivity index (χ2n) is 3.80. The van der Waals surface area contributed by atoms with Gasteiger partial charge in [-0.25, -0.2) is 5.10 Å². The van der Waals surface area contributed by atoms with Crippen LogP contribution >= 0.6 is 0 Å². The first-order valence-electron chi connectivity index (χ1n) is 5.62. The van der Waals surface area contributed by atoms with Crippen molar-refractivity contribution in [3.05, 3.63) is 46.2 Å². The number of nitrogens with one attached hydrogen (secondary N) is 2. The Labute approximate surface area is 109 Å². The van der Waals surface area contributed by atoms with Crippen molar-refractivity contribution >= 4 is 5.91 Å². The van der Waals surface area contributed by atoms with E-state index in [4.69, 9.17) is 4.74 Å². The van der Waals surface area contributed by atoms with Crippen molar-refractivity contribution in [2.45, 2.75) is 0 Å². The van der Waals surface area contributed by atoms with Crippen LogP contribution in [0.1, 0.15) is 10.4 Å². The maximum absolute atomic E-state index is 11.5. The fourth-order valence-electron chi connectivity index (χ4n) is 1.62. The minimum absolute atomic E-state index is 0.0309. The van der Waals surface area contributed by atoms with Crippen LogP contribution in [0.3, 0.4) is 0 Å². The smallest absolute Gasteiger partial charge is 0.277 e. The molecule has 0 radical (unpaired) electrons. The molecule has 19 heavy (non-hydrogen) atoms. The molecule has 0 saturated heterocycles. The molecule has 1 amide bonds. The molecule has 6 heteroatoms. The number of aromatic amines is 1. The molecule has 1 aromatic heterocycles. The number of methoxy groups -OCH3 is 1. The second kappa shape index (κ2) is 5.34. The zero-order valence-corrected chi connectivity index (χ0v) is 10.6. The maximum atomic E-state index is 11.5. The first-order chi connectivity index (χ1) is 9.15. The lowest BCUT2D eigenvalue weighted by Crippen LogP contribution is -2.27. The van der Waals surface area contributed by atoms with Gasteiger partial charge in [0.2, 0.25) is 0 Å². The molecule has 2 aromatic rings. The van der Waals surface area contributed by atoms with Crippen LogP contribution in [0.2, 0.25) is 0 Å². The molecular formula is C13H13N3O3. The van der Waals surface area contributed by atoms with Gasteiger partial charge in [0.1, 0.15) is 11.3 Å². The predicted molar refractivity (Wildman–Crippen MR) is 70.2 cm³/mol. The van der Waals surface area contributed by atoms with Crippen molar-refractivity contribution in [3.63, 3.8) is 0 Å². The predicted octanol–water partition coefficient (Wildman–Crippen LogP) is 0.805. The van der Waals surface area contributed by atoms with E-state index in [-0.39, 0.29) is 5.56 Å². The minimum Gasteiger partial charge on any atom is -0.497 e. The van der Waals surface area contributed by atoms with Gasteiger partial charge in [0, 0.05) is 12.6 Å². The third kappa shape index (κ3) is 2.62. The SMILES string of the molecule is CNC(=O)c1cc(-c2ccc(OC)cc2)n[nH]c1=O. The molecule has 0 fully saturated rings. The van der Waals surface area contributed by atoms with E-state index in [1.807, 2.05) is 0 Å². The highest BCUT2D eigenvalue weighted by atomic mass is 16.5.